The molecular weight excluding hydrogens is 360 g/mol. The molecule has 28 heavy (non-hydrogen) atoms. The highest BCUT2D eigenvalue weighted by Gasteiger charge is 2.24. The van der Waals surface area contributed by atoms with Crippen LogP contribution in [-0.4, -0.2) is 62.0 Å². The second-order valence-electron chi connectivity index (χ2n) is 6.71. The van der Waals surface area contributed by atoms with Crippen molar-refractivity contribution in [3.63, 3.8) is 0 Å². The Balaban J connectivity index is 1.47. The van der Waals surface area contributed by atoms with E-state index in [4.69, 9.17) is 13.9 Å². The second-order valence-corrected chi connectivity index (χ2v) is 6.71. The summed E-state index contributed by atoms with van der Waals surface area (Å²) in [5, 5.41) is 0. The molecule has 0 atom stereocenters. The minimum atomic E-state index is 0.0508. The Hall–Kier alpha value is -2.96. The van der Waals surface area contributed by atoms with Crippen molar-refractivity contribution in [1.29, 1.82) is 0 Å². The van der Waals surface area contributed by atoms with Crippen molar-refractivity contribution in [2.75, 3.05) is 40.4 Å². The van der Waals surface area contributed by atoms with Crippen molar-refractivity contribution < 1.29 is 23.5 Å². The molecule has 0 saturated carbocycles. The van der Waals surface area contributed by atoms with Gasteiger partial charge in [0.25, 0.3) is 0 Å². The van der Waals surface area contributed by atoms with Gasteiger partial charge in [-0.2, -0.15) is 0 Å². The molecule has 0 aliphatic carbocycles. The first-order valence-electron chi connectivity index (χ1n) is 9.39. The molecule has 2 heterocycles. The highest BCUT2D eigenvalue weighted by molar-refractivity contribution is 5.80. The largest absolute Gasteiger partial charge is 0.493 e. The van der Waals surface area contributed by atoms with Crippen molar-refractivity contribution in [3.8, 4) is 11.5 Å². The molecule has 7 heteroatoms. The van der Waals surface area contributed by atoms with E-state index in [0.29, 0.717) is 56.9 Å². The summed E-state index contributed by atoms with van der Waals surface area (Å²) in [5.41, 5.74) is 0.875. The molecule has 3 rings (SSSR count). The van der Waals surface area contributed by atoms with Gasteiger partial charge in [-0.3, -0.25) is 9.59 Å². The van der Waals surface area contributed by atoms with Crippen LogP contribution in [0.1, 0.15) is 17.7 Å². The molecule has 0 spiro atoms. The lowest BCUT2D eigenvalue weighted by molar-refractivity contribution is -0.139. The van der Waals surface area contributed by atoms with Gasteiger partial charge >= 0.3 is 0 Å². The van der Waals surface area contributed by atoms with E-state index in [0.717, 1.165) is 11.3 Å². The molecule has 0 N–H and O–H groups in total. The summed E-state index contributed by atoms with van der Waals surface area (Å²) >= 11 is 0. The van der Waals surface area contributed by atoms with Crippen LogP contribution in [0.4, 0.5) is 0 Å². The zero-order chi connectivity index (χ0) is 19.9. The fourth-order valence-electron chi connectivity index (χ4n) is 3.33. The molecule has 1 aromatic heterocycles. The maximum absolute atomic E-state index is 12.6. The quantitative estimate of drug-likeness (QED) is 0.729. The molecule has 7 nitrogen and oxygen atoms in total. The van der Waals surface area contributed by atoms with E-state index in [-0.39, 0.29) is 11.8 Å². The zero-order valence-electron chi connectivity index (χ0n) is 16.3. The minimum absolute atomic E-state index is 0.0508. The Bertz CT molecular complexity index is 795. The van der Waals surface area contributed by atoms with E-state index in [2.05, 4.69) is 0 Å². The van der Waals surface area contributed by atoms with E-state index in [1.54, 1.807) is 26.5 Å². The third-order valence-corrected chi connectivity index (χ3v) is 4.95. The van der Waals surface area contributed by atoms with Gasteiger partial charge in [0.2, 0.25) is 11.8 Å². The lowest BCUT2D eigenvalue weighted by atomic mass is 10.1. The first-order chi connectivity index (χ1) is 13.6. The first kappa shape index (κ1) is 19.8. The molecule has 1 aliphatic rings. The SMILES string of the molecule is COc1ccc(CC(=O)N2CCN(C(=O)CCc3ccco3)CC2)cc1OC. The van der Waals surface area contributed by atoms with Gasteiger partial charge in [0, 0.05) is 39.0 Å². The fourth-order valence-corrected chi connectivity index (χ4v) is 3.33. The summed E-state index contributed by atoms with van der Waals surface area (Å²) in [5.74, 6) is 2.22. The van der Waals surface area contributed by atoms with Crippen molar-refractivity contribution in [1.82, 2.24) is 9.80 Å². The number of hydrogen-bond donors (Lipinski definition) is 0. The fraction of sp³-hybridized carbons (Fsp3) is 0.429. The molecule has 1 fully saturated rings. The summed E-state index contributed by atoms with van der Waals surface area (Å²) in [6.45, 7) is 2.24. The first-order valence-corrected chi connectivity index (χ1v) is 9.39. The standard InChI is InChI=1S/C21H26N2O5/c1-26-18-7-5-16(14-19(18)27-2)15-21(25)23-11-9-22(10-12-23)20(24)8-6-17-4-3-13-28-17/h3-5,7,13-14H,6,8-12,15H2,1-2H3. The molecule has 0 unspecified atom stereocenters. The van der Waals surface area contributed by atoms with Gasteiger partial charge in [0.15, 0.2) is 11.5 Å². The van der Waals surface area contributed by atoms with Crippen LogP contribution in [0, 0.1) is 0 Å². The number of amides is 2. The van der Waals surface area contributed by atoms with Gasteiger partial charge in [-0.15, -0.1) is 0 Å². The summed E-state index contributed by atoms with van der Waals surface area (Å²) in [4.78, 5) is 28.6. The van der Waals surface area contributed by atoms with E-state index < -0.39 is 0 Å². The maximum atomic E-state index is 12.6. The monoisotopic (exact) mass is 386 g/mol. The Labute approximate surface area is 164 Å². The number of ether oxygens (including phenoxy) is 2. The van der Waals surface area contributed by atoms with Crippen LogP contribution in [0.25, 0.3) is 0 Å². The molecule has 2 amide bonds. The summed E-state index contributed by atoms with van der Waals surface area (Å²) < 4.78 is 15.8. The van der Waals surface area contributed by atoms with E-state index in [1.807, 2.05) is 34.1 Å². The maximum Gasteiger partial charge on any atom is 0.227 e. The van der Waals surface area contributed by atoms with Gasteiger partial charge < -0.3 is 23.7 Å². The van der Waals surface area contributed by atoms with Crippen LogP contribution in [0.5, 0.6) is 11.5 Å². The molecule has 1 saturated heterocycles. The van der Waals surface area contributed by atoms with Crippen molar-refractivity contribution in [2.24, 2.45) is 0 Å². The van der Waals surface area contributed by atoms with E-state index in [1.165, 1.54) is 0 Å². The van der Waals surface area contributed by atoms with Crippen LogP contribution in [0.2, 0.25) is 0 Å². The van der Waals surface area contributed by atoms with Crippen LogP contribution in [0.15, 0.2) is 41.0 Å². The number of nitrogens with zero attached hydrogens (tertiary/aromatic N) is 2. The van der Waals surface area contributed by atoms with E-state index >= 15 is 0 Å². The van der Waals surface area contributed by atoms with Gasteiger partial charge in [-0.05, 0) is 29.8 Å². The Kier molecular flexibility index (Phi) is 6.57. The van der Waals surface area contributed by atoms with Gasteiger partial charge in [0.1, 0.15) is 5.76 Å². The number of rotatable bonds is 7. The summed E-state index contributed by atoms with van der Waals surface area (Å²) in [6, 6.07) is 9.19. The van der Waals surface area contributed by atoms with Gasteiger partial charge in [0.05, 0.1) is 26.9 Å². The third kappa shape index (κ3) is 4.85. The number of carbonyl (C=O) groups is 2. The van der Waals surface area contributed by atoms with Gasteiger partial charge in [-0.1, -0.05) is 6.07 Å². The minimum Gasteiger partial charge on any atom is -0.493 e. The number of benzene rings is 1. The Morgan fingerprint density at radius 1 is 0.964 bits per heavy atom. The van der Waals surface area contributed by atoms with Crippen LogP contribution < -0.4 is 9.47 Å². The average Bonchev–Trinajstić information content (AvgIpc) is 3.25. The molecule has 1 aliphatic heterocycles. The Morgan fingerprint density at radius 3 is 2.25 bits per heavy atom. The normalized spacial score (nSPS) is 14.1. The number of piperazine rings is 1. The third-order valence-electron chi connectivity index (χ3n) is 4.95. The molecular formula is C21H26N2O5. The van der Waals surface area contributed by atoms with Gasteiger partial charge in [-0.25, -0.2) is 0 Å². The smallest absolute Gasteiger partial charge is 0.227 e. The molecule has 2 aromatic rings. The molecule has 1 aromatic carbocycles. The Morgan fingerprint density at radius 2 is 1.64 bits per heavy atom. The van der Waals surface area contributed by atoms with Crippen molar-refractivity contribution in [2.45, 2.75) is 19.3 Å². The number of carbonyl (C=O) groups excluding carboxylic acids is 2. The van der Waals surface area contributed by atoms with Crippen LogP contribution in [-0.2, 0) is 22.4 Å². The lowest BCUT2D eigenvalue weighted by Crippen LogP contribution is -2.51. The average molecular weight is 386 g/mol. The van der Waals surface area contributed by atoms with Crippen molar-refractivity contribution in [3.05, 3.63) is 47.9 Å². The topological polar surface area (TPSA) is 72.2 Å². The number of aryl methyl sites for hydroxylation is 1. The summed E-state index contributed by atoms with van der Waals surface area (Å²) in [6.07, 6.45) is 2.94. The van der Waals surface area contributed by atoms with Crippen molar-refractivity contribution >= 4 is 11.8 Å². The highest BCUT2D eigenvalue weighted by Crippen LogP contribution is 2.27. The summed E-state index contributed by atoms with van der Waals surface area (Å²) in [7, 11) is 3.16. The predicted octanol–water partition coefficient (Wildman–Crippen LogP) is 2.14. The number of furan rings is 1. The molecule has 0 radical (unpaired) electrons. The zero-order valence-corrected chi connectivity index (χ0v) is 16.3. The highest BCUT2D eigenvalue weighted by atomic mass is 16.5. The van der Waals surface area contributed by atoms with Crippen LogP contribution >= 0.6 is 0 Å². The predicted molar refractivity (Wildman–Crippen MR) is 103 cm³/mol. The van der Waals surface area contributed by atoms with E-state index in [9.17, 15) is 9.59 Å². The number of hydrogen-bond acceptors (Lipinski definition) is 5. The molecule has 0 bridgehead atoms. The second kappa shape index (κ2) is 9.30. The number of methoxy groups -OCH3 is 2. The lowest BCUT2D eigenvalue weighted by Gasteiger charge is -2.35. The molecule has 150 valence electrons. The van der Waals surface area contributed by atoms with Crippen LogP contribution in [0.3, 0.4) is 0 Å².